The molecule has 3 atom stereocenters. The first-order valence-electron chi connectivity index (χ1n) is 10.6. The minimum atomic E-state index is -2.02. The SMILES string of the molecule is COC(=O)C1=C(O)C[C@H]2[C@H](OCc3ccccc3)[C@H](O[Si](C)(C)C(C)(C)C)CN2C1. The molecular formula is C23H35NO5Si. The van der Waals surface area contributed by atoms with Gasteiger partial charge in [0.25, 0.3) is 0 Å². The smallest absolute Gasteiger partial charge is 0.338 e. The molecule has 0 aliphatic carbocycles. The third kappa shape index (κ3) is 4.80. The Hall–Kier alpha value is -1.67. The van der Waals surface area contributed by atoms with Gasteiger partial charge in [-0.3, -0.25) is 4.90 Å². The van der Waals surface area contributed by atoms with E-state index in [1.807, 2.05) is 30.3 Å². The van der Waals surface area contributed by atoms with Crippen molar-refractivity contribution in [2.45, 2.75) is 70.2 Å². The summed E-state index contributed by atoms with van der Waals surface area (Å²) >= 11 is 0. The number of esters is 1. The van der Waals surface area contributed by atoms with Gasteiger partial charge in [0.15, 0.2) is 8.32 Å². The maximum absolute atomic E-state index is 12.1. The largest absolute Gasteiger partial charge is 0.512 e. The highest BCUT2D eigenvalue weighted by atomic mass is 28.4. The van der Waals surface area contributed by atoms with E-state index in [9.17, 15) is 9.90 Å². The summed E-state index contributed by atoms with van der Waals surface area (Å²) in [5, 5.41) is 10.6. The molecule has 2 heterocycles. The van der Waals surface area contributed by atoms with Gasteiger partial charge in [0, 0.05) is 25.6 Å². The van der Waals surface area contributed by atoms with Crippen LogP contribution in [0.2, 0.25) is 18.1 Å². The number of rotatable bonds is 6. The summed E-state index contributed by atoms with van der Waals surface area (Å²) in [5.41, 5.74) is 1.44. The summed E-state index contributed by atoms with van der Waals surface area (Å²) in [6.07, 6.45) is 0.0754. The van der Waals surface area contributed by atoms with Gasteiger partial charge in [-0.25, -0.2) is 4.79 Å². The van der Waals surface area contributed by atoms with Crippen molar-refractivity contribution in [3.63, 3.8) is 0 Å². The first-order valence-corrected chi connectivity index (χ1v) is 13.5. The lowest BCUT2D eigenvalue weighted by Gasteiger charge is -2.39. The topological polar surface area (TPSA) is 68.2 Å². The lowest BCUT2D eigenvalue weighted by atomic mass is 9.99. The predicted octanol–water partition coefficient (Wildman–Crippen LogP) is 4.04. The van der Waals surface area contributed by atoms with Crippen molar-refractivity contribution in [1.82, 2.24) is 4.90 Å². The van der Waals surface area contributed by atoms with Gasteiger partial charge < -0.3 is 19.0 Å². The number of ether oxygens (including phenoxy) is 2. The Bertz CT molecular complexity index is 787. The first kappa shape index (κ1) is 23.0. The summed E-state index contributed by atoms with van der Waals surface area (Å²) in [4.78, 5) is 14.3. The molecule has 1 saturated heterocycles. The number of aliphatic hydroxyl groups is 1. The molecule has 3 rings (SSSR count). The molecule has 0 aromatic heterocycles. The highest BCUT2D eigenvalue weighted by Crippen LogP contribution is 2.41. The average Bonchev–Trinajstić information content (AvgIpc) is 3.00. The second-order valence-corrected chi connectivity index (χ2v) is 14.6. The third-order valence-electron chi connectivity index (χ3n) is 6.71. The zero-order valence-electron chi connectivity index (χ0n) is 19.0. The Balaban J connectivity index is 1.82. The number of methoxy groups -OCH3 is 1. The lowest BCUT2D eigenvalue weighted by Crippen LogP contribution is -2.48. The van der Waals surface area contributed by atoms with Gasteiger partial charge in [-0.15, -0.1) is 0 Å². The van der Waals surface area contributed by atoms with Crippen LogP contribution < -0.4 is 0 Å². The van der Waals surface area contributed by atoms with Crippen molar-refractivity contribution in [3.8, 4) is 0 Å². The third-order valence-corrected chi connectivity index (χ3v) is 11.2. The number of benzene rings is 1. The van der Waals surface area contributed by atoms with Crippen LogP contribution in [0.3, 0.4) is 0 Å². The van der Waals surface area contributed by atoms with Crippen molar-refractivity contribution >= 4 is 14.3 Å². The molecule has 6 nitrogen and oxygen atoms in total. The molecule has 1 aromatic rings. The summed E-state index contributed by atoms with van der Waals surface area (Å²) in [6, 6.07) is 10.1. The van der Waals surface area contributed by atoms with Crippen LogP contribution in [0.1, 0.15) is 32.8 Å². The molecule has 166 valence electrons. The molecule has 2 aliphatic rings. The molecule has 1 N–H and O–H groups in total. The van der Waals surface area contributed by atoms with Crippen LogP contribution >= 0.6 is 0 Å². The maximum atomic E-state index is 12.1. The monoisotopic (exact) mass is 433 g/mol. The highest BCUT2D eigenvalue weighted by Gasteiger charge is 2.50. The minimum Gasteiger partial charge on any atom is -0.512 e. The molecule has 1 aromatic carbocycles. The van der Waals surface area contributed by atoms with E-state index >= 15 is 0 Å². The number of nitrogens with zero attached hydrogens (tertiary/aromatic N) is 1. The van der Waals surface area contributed by atoms with Crippen LogP contribution in [0.4, 0.5) is 0 Å². The van der Waals surface area contributed by atoms with E-state index in [1.54, 1.807) is 0 Å². The Morgan fingerprint density at radius 1 is 1.23 bits per heavy atom. The molecule has 7 heteroatoms. The number of carbonyl (C=O) groups is 1. The molecule has 2 aliphatic heterocycles. The van der Waals surface area contributed by atoms with Crippen molar-refractivity contribution in [2.24, 2.45) is 0 Å². The zero-order chi connectivity index (χ0) is 22.1. The van der Waals surface area contributed by atoms with Crippen LogP contribution in [0, 0.1) is 0 Å². The van der Waals surface area contributed by atoms with E-state index in [-0.39, 0.29) is 29.0 Å². The molecule has 0 amide bonds. The minimum absolute atomic E-state index is 0.0307. The normalized spacial score (nSPS) is 25.3. The van der Waals surface area contributed by atoms with Crippen LogP contribution in [0.15, 0.2) is 41.7 Å². The molecule has 0 saturated carbocycles. The molecule has 0 spiro atoms. The van der Waals surface area contributed by atoms with Crippen molar-refractivity contribution in [2.75, 3.05) is 20.2 Å². The second kappa shape index (κ2) is 8.83. The number of aliphatic hydroxyl groups excluding tert-OH is 1. The number of carbonyl (C=O) groups excluding carboxylic acids is 1. The fourth-order valence-electron chi connectivity index (χ4n) is 3.92. The first-order chi connectivity index (χ1) is 14.0. The van der Waals surface area contributed by atoms with Gasteiger partial charge in [-0.2, -0.15) is 0 Å². The van der Waals surface area contributed by atoms with Crippen LogP contribution in [0.5, 0.6) is 0 Å². The quantitative estimate of drug-likeness (QED) is 0.540. The van der Waals surface area contributed by atoms with Gasteiger partial charge in [0.1, 0.15) is 5.76 Å². The summed E-state index contributed by atoms with van der Waals surface area (Å²) < 4.78 is 18.0. The van der Waals surface area contributed by atoms with Crippen LogP contribution in [0.25, 0.3) is 0 Å². The van der Waals surface area contributed by atoms with E-state index in [0.717, 1.165) is 5.56 Å². The highest BCUT2D eigenvalue weighted by molar-refractivity contribution is 6.74. The van der Waals surface area contributed by atoms with E-state index in [1.165, 1.54) is 7.11 Å². The van der Waals surface area contributed by atoms with Crippen LogP contribution in [-0.4, -0.2) is 62.7 Å². The van der Waals surface area contributed by atoms with Crippen molar-refractivity contribution in [3.05, 3.63) is 47.2 Å². The summed E-state index contributed by atoms with van der Waals surface area (Å²) in [7, 11) is -0.680. The molecular weight excluding hydrogens is 398 g/mol. The average molecular weight is 434 g/mol. The fraction of sp³-hybridized carbons (Fsp3) is 0.609. The molecule has 0 bridgehead atoms. The molecule has 1 fully saturated rings. The van der Waals surface area contributed by atoms with E-state index in [2.05, 4.69) is 38.8 Å². The Morgan fingerprint density at radius 2 is 1.90 bits per heavy atom. The standard InChI is InChI=1S/C23H35NO5Si/c1-23(2,3)30(5,6)29-20-14-24-13-17(22(26)27-4)19(25)12-18(24)21(20)28-15-16-10-8-7-9-11-16/h7-11,18,20-21,25H,12-15H2,1-6H3/t18-,20+,21-/m0/s1. The molecule has 0 unspecified atom stereocenters. The van der Waals surface area contributed by atoms with E-state index in [4.69, 9.17) is 13.9 Å². The van der Waals surface area contributed by atoms with E-state index < -0.39 is 14.3 Å². The maximum Gasteiger partial charge on any atom is 0.338 e. The second-order valence-electron chi connectivity index (χ2n) is 9.80. The van der Waals surface area contributed by atoms with Crippen molar-refractivity contribution in [1.29, 1.82) is 0 Å². The number of fused-ring (bicyclic) bond motifs is 1. The van der Waals surface area contributed by atoms with Gasteiger partial charge in [-0.05, 0) is 23.7 Å². The Morgan fingerprint density at radius 3 is 2.50 bits per heavy atom. The van der Waals surface area contributed by atoms with Gasteiger partial charge >= 0.3 is 5.97 Å². The Kier molecular flexibility index (Phi) is 6.77. The molecule has 0 radical (unpaired) electrons. The number of hydrogen-bond acceptors (Lipinski definition) is 6. The van der Waals surface area contributed by atoms with E-state index in [0.29, 0.717) is 31.7 Å². The molecule has 30 heavy (non-hydrogen) atoms. The van der Waals surface area contributed by atoms with Crippen molar-refractivity contribution < 1.29 is 23.8 Å². The zero-order valence-corrected chi connectivity index (χ0v) is 20.0. The van der Waals surface area contributed by atoms with Crippen LogP contribution in [-0.2, 0) is 25.3 Å². The summed E-state index contributed by atoms with van der Waals surface area (Å²) in [5.74, 6) is -0.370. The fourth-order valence-corrected chi connectivity index (χ4v) is 5.24. The van der Waals surface area contributed by atoms with Gasteiger partial charge in [0.05, 0.1) is 31.5 Å². The number of hydrogen-bond donors (Lipinski definition) is 1. The lowest BCUT2D eigenvalue weighted by molar-refractivity contribution is -0.137. The predicted molar refractivity (Wildman–Crippen MR) is 119 cm³/mol. The van der Waals surface area contributed by atoms with Gasteiger partial charge in [-0.1, -0.05) is 51.1 Å². The van der Waals surface area contributed by atoms with Gasteiger partial charge in [0.2, 0.25) is 0 Å². The summed E-state index contributed by atoms with van der Waals surface area (Å²) in [6.45, 7) is 12.7. The Labute approximate surface area is 180 Å².